The Bertz CT molecular complexity index is 995. The minimum atomic E-state index is -0.544. The van der Waals surface area contributed by atoms with Gasteiger partial charge in [0.15, 0.2) is 0 Å². The van der Waals surface area contributed by atoms with Crippen LogP contribution in [0.3, 0.4) is 0 Å². The van der Waals surface area contributed by atoms with Crippen LogP contribution in [0.2, 0.25) is 5.02 Å². The number of aromatic nitrogens is 3. The molecule has 3 rings (SSSR count). The smallest absolute Gasteiger partial charge is 0.338 e. The summed E-state index contributed by atoms with van der Waals surface area (Å²) in [5, 5.41) is 19.2. The summed E-state index contributed by atoms with van der Waals surface area (Å²) in [4.78, 5) is 13.2. The largest absolute Gasteiger partial charge is 0.423 e. The van der Waals surface area contributed by atoms with Gasteiger partial charge in [-0.1, -0.05) is 24.2 Å². The Labute approximate surface area is 155 Å². The van der Waals surface area contributed by atoms with Crippen molar-refractivity contribution < 1.29 is 14.6 Å². The van der Waals surface area contributed by atoms with Crippen LogP contribution in [0, 0.1) is 0 Å². The van der Waals surface area contributed by atoms with E-state index in [4.69, 9.17) is 16.3 Å². The van der Waals surface area contributed by atoms with Gasteiger partial charge in [0, 0.05) is 23.1 Å². The van der Waals surface area contributed by atoms with Crippen LogP contribution in [-0.4, -0.2) is 32.2 Å². The Morgan fingerprint density at radius 1 is 1.27 bits per heavy atom. The van der Waals surface area contributed by atoms with Crippen molar-refractivity contribution in [3.8, 4) is 11.4 Å². The number of carbonyl (C=O) groups is 1. The minimum Gasteiger partial charge on any atom is -0.423 e. The normalized spacial score (nSPS) is 12.2. The molecular formula is C19H18ClN3O3. The van der Waals surface area contributed by atoms with Crippen molar-refractivity contribution in [1.29, 1.82) is 0 Å². The monoisotopic (exact) mass is 371 g/mol. The number of hydrogen-bond donors (Lipinski definition) is 1. The molecule has 6 nitrogen and oxygen atoms in total. The van der Waals surface area contributed by atoms with E-state index in [1.165, 1.54) is 4.80 Å². The fourth-order valence-corrected chi connectivity index (χ4v) is 2.64. The van der Waals surface area contributed by atoms with Crippen LogP contribution in [0.4, 0.5) is 0 Å². The first kappa shape index (κ1) is 18.1. The Balaban J connectivity index is 2.08. The highest BCUT2D eigenvalue weighted by atomic mass is 35.5. The van der Waals surface area contributed by atoms with Crippen LogP contribution < -0.4 is 4.74 Å². The molecule has 0 aliphatic carbocycles. The number of esters is 1. The third-order valence-electron chi connectivity index (χ3n) is 3.69. The van der Waals surface area contributed by atoms with Gasteiger partial charge in [-0.2, -0.15) is 0 Å². The molecule has 0 radical (unpaired) electrons. The molecule has 1 N–H and O–H groups in total. The molecule has 3 aromatic rings. The van der Waals surface area contributed by atoms with E-state index in [-0.39, 0.29) is 0 Å². The van der Waals surface area contributed by atoms with Crippen molar-refractivity contribution in [1.82, 2.24) is 15.0 Å². The average Bonchev–Trinajstić information content (AvgIpc) is 2.98. The number of carbonyl (C=O) groups excluding carboxylic acids is 1. The zero-order valence-electron chi connectivity index (χ0n) is 14.4. The second-order valence-corrected chi connectivity index (χ2v) is 6.57. The molecule has 7 heteroatoms. The lowest BCUT2D eigenvalue weighted by molar-refractivity contribution is -0.130. The van der Waals surface area contributed by atoms with Crippen LogP contribution in [0.1, 0.15) is 19.4 Å². The summed E-state index contributed by atoms with van der Waals surface area (Å²) in [7, 11) is 0. The number of hydrogen-bond acceptors (Lipinski definition) is 5. The Morgan fingerprint density at radius 2 is 2.00 bits per heavy atom. The van der Waals surface area contributed by atoms with Gasteiger partial charge in [-0.15, -0.1) is 15.0 Å². The number of aliphatic hydroxyl groups is 1. The van der Waals surface area contributed by atoms with Crippen LogP contribution in [-0.2, 0) is 11.2 Å². The number of benzene rings is 2. The van der Waals surface area contributed by atoms with Crippen LogP contribution in [0.15, 0.2) is 48.6 Å². The molecule has 0 bridgehead atoms. The van der Waals surface area contributed by atoms with Gasteiger partial charge in [-0.05, 0) is 43.7 Å². The predicted molar refractivity (Wildman–Crippen MR) is 99.7 cm³/mol. The molecule has 134 valence electrons. The van der Waals surface area contributed by atoms with E-state index in [0.29, 0.717) is 39.5 Å². The SMILES string of the molecule is C=C(C)C(=O)Oc1ccc(CC(C)O)c(-n2nc3ccc(Cl)cc3n2)c1. The maximum Gasteiger partial charge on any atom is 0.338 e. The first-order valence-corrected chi connectivity index (χ1v) is 8.43. The highest BCUT2D eigenvalue weighted by molar-refractivity contribution is 6.31. The zero-order chi connectivity index (χ0) is 18.8. The number of aliphatic hydroxyl groups excluding tert-OH is 1. The molecule has 1 atom stereocenters. The number of rotatable bonds is 5. The van der Waals surface area contributed by atoms with Gasteiger partial charge >= 0.3 is 5.97 Å². The second kappa shape index (κ2) is 7.27. The first-order valence-electron chi connectivity index (χ1n) is 8.05. The summed E-state index contributed by atoms with van der Waals surface area (Å²) >= 11 is 6.01. The molecular weight excluding hydrogens is 354 g/mol. The summed E-state index contributed by atoms with van der Waals surface area (Å²) < 4.78 is 5.30. The molecule has 0 saturated heterocycles. The van der Waals surface area contributed by atoms with Crippen LogP contribution >= 0.6 is 11.6 Å². The lowest BCUT2D eigenvalue weighted by atomic mass is 10.1. The highest BCUT2D eigenvalue weighted by Crippen LogP contribution is 2.24. The number of nitrogens with zero attached hydrogens (tertiary/aromatic N) is 3. The lowest BCUT2D eigenvalue weighted by Gasteiger charge is -2.12. The summed E-state index contributed by atoms with van der Waals surface area (Å²) in [6.07, 6.45) is -0.139. The molecule has 0 fully saturated rings. The molecule has 0 aliphatic rings. The quantitative estimate of drug-likeness (QED) is 0.422. The van der Waals surface area contributed by atoms with Crippen molar-refractivity contribution in [2.24, 2.45) is 0 Å². The molecule has 26 heavy (non-hydrogen) atoms. The van der Waals surface area contributed by atoms with Crippen LogP contribution in [0.25, 0.3) is 16.7 Å². The minimum absolute atomic E-state index is 0.303. The van der Waals surface area contributed by atoms with Gasteiger partial charge in [-0.25, -0.2) is 4.79 Å². The van der Waals surface area contributed by atoms with E-state index in [1.54, 1.807) is 50.2 Å². The van der Waals surface area contributed by atoms with E-state index in [1.807, 2.05) is 0 Å². The highest BCUT2D eigenvalue weighted by Gasteiger charge is 2.14. The van der Waals surface area contributed by atoms with E-state index < -0.39 is 12.1 Å². The fourth-order valence-electron chi connectivity index (χ4n) is 2.47. The van der Waals surface area contributed by atoms with E-state index in [2.05, 4.69) is 16.8 Å². The van der Waals surface area contributed by atoms with E-state index >= 15 is 0 Å². The van der Waals surface area contributed by atoms with E-state index in [0.717, 1.165) is 5.56 Å². The molecule has 2 aromatic carbocycles. The maximum atomic E-state index is 11.8. The predicted octanol–water partition coefficient (Wildman–Crippen LogP) is 3.48. The third-order valence-corrected chi connectivity index (χ3v) is 3.92. The second-order valence-electron chi connectivity index (χ2n) is 6.14. The van der Waals surface area contributed by atoms with Crippen LogP contribution in [0.5, 0.6) is 5.75 Å². The van der Waals surface area contributed by atoms with Gasteiger partial charge in [-0.3, -0.25) is 0 Å². The molecule has 1 aromatic heterocycles. The number of ether oxygens (including phenoxy) is 1. The van der Waals surface area contributed by atoms with Gasteiger partial charge in [0.25, 0.3) is 0 Å². The van der Waals surface area contributed by atoms with Gasteiger partial charge in [0.2, 0.25) is 0 Å². The lowest BCUT2D eigenvalue weighted by Crippen LogP contribution is -2.12. The van der Waals surface area contributed by atoms with Gasteiger partial charge < -0.3 is 9.84 Å². The number of halogens is 1. The summed E-state index contributed by atoms with van der Waals surface area (Å²) in [6.45, 7) is 6.86. The standard InChI is InChI=1S/C19H18ClN3O3/c1-11(2)19(25)26-15-6-4-13(8-12(3)24)18(10-15)23-21-16-7-5-14(20)9-17(16)22-23/h4-7,9-10,12,24H,1,8H2,2-3H3. The summed E-state index contributed by atoms with van der Waals surface area (Å²) in [5.74, 6) is -0.161. The van der Waals surface area contributed by atoms with Crippen molar-refractivity contribution in [3.05, 3.63) is 59.1 Å². The first-order chi connectivity index (χ1) is 12.3. The van der Waals surface area contributed by atoms with E-state index in [9.17, 15) is 9.90 Å². The molecule has 1 heterocycles. The number of fused-ring (bicyclic) bond motifs is 1. The summed E-state index contributed by atoms with van der Waals surface area (Å²) in [6, 6.07) is 10.4. The molecule has 0 amide bonds. The molecule has 0 aliphatic heterocycles. The summed E-state index contributed by atoms with van der Waals surface area (Å²) in [5.41, 5.74) is 3.07. The Kier molecular flexibility index (Phi) is 5.06. The molecule has 1 unspecified atom stereocenters. The van der Waals surface area contributed by atoms with Gasteiger partial charge in [0.05, 0.1) is 11.8 Å². The molecule has 0 saturated carbocycles. The Morgan fingerprint density at radius 3 is 2.69 bits per heavy atom. The average molecular weight is 372 g/mol. The third kappa shape index (κ3) is 3.92. The fraction of sp³-hybridized carbons (Fsp3) is 0.211. The zero-order valence-corrected chi connectivity index (χ0v) is 15.2. The van der Waals surface area contributed by atoms with Crippen molar-refractivity contribution in [2.75, 3.05) is 0 Å². The van der Waals surface area contributed by atoms with Crippen molar-refractivity contribution in [3.63, 3.8) is 0 Å². The maximum absolute atomic E-state index is 11.8. The van der Waals surface area contributed by atoms with Crippen molar-refractivity contribution in [2.45, 2.75) is 26.4 Å². The topological polar surface area (TPSA) is 77.2 Å². The molecule has 0 spiro atoms. The van der Waals surface area contributed by atoms with Gasteiger partial charge in [0.1, 0.15) is 16.8 Å². The Hall–Kier alpha value is -2.70. The van der Waals surface area contributed by atoms with Crippen molar-refractivity contribution >= 4 is 28.6 Å².